The summed E-state index contributed by atoms with van der Waals surface area (Å²) < 4.78 is 0. The summed E-state index contributed by atoms with van der Waals surface area (Å²) >= 11 is 0. The van der Waals surface area contributed by atoms with Crippen molar-refractivity contribution in [3.63, 3.8) is 0 Å². The van der Waals surface area contributed by atoms with Crippen molar-refractivity contribution in [1.82, 2.24) is 19.9 Å². The number of anilines is 2. The first-order valence-electron chi connectivity index (χ1n) is 7.46. The molecule has 6 heteroatoms. The molecule has 3 heterocycles. The molecule has 4 rings (SSSR count). The molecule has 2 aromatic heterocycles. The molecule has 1 atom stereocenters. The lowest BCUT2D eigenvalue weighted by atomic mass is 10.1. The van der Waals surface area contributed by atoms with Crippen molar-refractivity contribution in [2.45, 2.75) is 38.6 Å². The average Bonchev–Trinajstić information content (AvgIpc) is 2.94. The molecule has 108 valence electrons. The van der Waals surface area contributed by atoms with E-state index in [1.54, 1.807) is 12.4 Å². The van der Waals surface area contributed by atoms with Gasteiger partial charge in [0.2, 0.25) is 11.9 Å². The predicted molar refractivity (Wildman–Crippen MR) is 80.9 cm³/mol. The zero-order valence-corrected chi connectivity index (χ0v) is 12.1. The SMILES string of the molecule is C[C@H]1CCN1c1nc2c(c(-c3cnc(N)nc3)n1)CCC2. The van der Waals surface area contributed by atoms with Crippen molar-refractivity contribution in [2.24, 2.45) is 0 Å². The molecule has 0 spiro atoms. The first kappa shape index (κ1) is 12.5. The number of hydrogen-bond donors (Lipinski definition) is 1. The van der Waals surface area contributed by atoms with Crippen molar-refractivity contribution < 1.29 is 0 Å². The molecular weight excluding hydrogens is 264 g/mol. The summed E-state index contributed by atoms with van der Waals surface area (Å²) in [6.07, 6.45) is 7.94. The number of aryl methyl sites for hydroxylation is 1. The Morgan fingerprint density at radius 3 is 2.67 bits per heavy atom. The van der Waals surface area contributed by atoms with Gasteiger partial charge < -0.3 is 10.6 Å². The number of nitrogens with two attached hydrogens (primary N) is 1. The minimum atomic E-state index is 0.293. The zero-order valence-electron chi connectivity index (χ0n) is 12.1. The van der Waals surface area contributed by atoms with E-state index in [0.29, 0.717) is 12.0 Å². The van der Waals surface area contributed by atoms with E-state index in [4.69, 9.17) is 15.7 Å². The van der Waals surface area contributed by atoms with Crippen LogP contribution in [0.5, 0.6) is 0 Å². The van der Waals surface area contributed by atoms with Crippen LogP contribution in [0.2, 0.25) is 0 Å². The molecule has 1 aliphatic carbocycles. The van der Waals surface area contributed by atoms with Crippen molar-refractivity contribution >= 4 is 11.9 Å². The van der Waals surface area contributed by atoms with E-state index in [-0.39, 0.29) is 0 Å². The number of fused-ring (bicyclic) bond motifs is 1. The fourth-order valence-electron chi connectivity index (χ4n) is 3.06. The van der Waals surface area contributed by atoms with Crippen molar-refractivity contribution in [3.05, 3.63) is 23.7 Å². The summed E-state index contributed by atoms with van der Waals surface area (Å²) in [7, 11) is 0. The van der Waals surface area contributed by atoms with Gasteiger partial charge in [-0.1, -0.05) is 0 Å². The van der Waals surface area contributed by atoms with Gasteiger partial charge in [0.1, 0.15) is 0 Å². The third kappa shape index (κ3) is 2.02. The lowest BCUT2D eigenvalue weighted by Gasteiger charge is -2.39. The highest BCUT2D eigenvalue weighted by atomic mass is 15.3. The maximum atomic E-state index is 5.58. The lowest BCUT2D eigenvalue weighted by Crippen LogP contribution is -2.46. The molecule has 1 fully saturated rings. The predicted octanol–water partition coefficient (Wildman–Crippen LogP) is 1.60. The molecule has 2 N–H and O–H groups in total. The first-order valence-corrected chi connectivity index (χ1v) is 7.46. The van der Waals surface area contributed by atoms with Crippen molar-refractivity contribution in [3.8, 4) is 11.3 Å². The summed E-state index contributed by atoms with van der Waals surface area (Å²) in [5.74, 6) is 1.14. The average molecular weight is 282 g/mol. The van der Waals surface area contributed by atoms with Crippen LogP contribution in [0.25, 0.3) is 11.3 Å². The van der Waals surface area contributed by atoms with Crippen LogP contribution in [0.15, 0.2) is 12.4 Å². The third-order valence-electron chi connectivity index (χ3n) is 4.44. The Labute approximate surface area is 123 Å². The van der Waals surface area contributed by atoms with E-state index in [9.17, 15) is 0 Å². The summed E-state index contributed by atoms with van der Waals surface area (Å²) in [6.45, 7) is 3.25. The Hall–Kier alpha value is -2.24. The highest BCUT2D eigenvalue weighted by Crippen LogP contribution is 2.33. The van der Waals surface area contributed by atoms with E-state index in [0.717, 1.165) is 43.0 Å². The molecule has 0 unspecified atom stereocenters. The second-order valence-corrected chi connectivity index (χ2v) is 5.81. The molecule has 2 aromatic rings. The second kappa shape index (κ2) is 4.65. The molecule has 0 amide bonds. The van der Waals surface area contributed by atoms with Gasteiger partial charge >= 0.3 is 0 Å². The highest BCUT2D eigenvalue weighted by molar-refractivity contribution is 5.65. The van der Waals surface area contributed by atoms with E-state index in [1.807, 2.05) is 0 Å². The van der Waals surface area contributed by atoms with Gasteiger partial charge in [-0.3, -0.25) is 0 Å². The monoisotopic (exact) mass is 282 g/mol. The van der Waals surface area contributed by atoms with Crippen LogP contribution in [0, 0.1) is 0 Å². The smallest absolute Gasteiger partial charge is 0.226 e. The van der Waals surface area contributed by atoms with Crippen LogP contribution in [0.1, 0.15) is 31.0 Å². The summed E-state index contributed by atoms with van der Waals surface area (Å²) in [5, 5.41) is 0. The van der Waals surface area contributed by atoms with Gasteiger partial charge in [0.05, 0.1) is 5.69 Å². The molecule has 2 aliphatic rings. The van der Waals surface area contributed by atoms with Crippen LogP contribution in [0.4, 0.5) is 11.9 Å². The Bertz CT molecular complexity index is 681. The van der Waals surface area contributed by atoms with Crippen LogP contribution in [0.3, 0.4) is 0 Å². The van der Waals surface area contributed by atoms with Crippen LogP contribution in [-0.2, 0) is 12.8 Å². The second-order valence-electron chi connectivity index (χ2n) is 5.81. The number of hydrogen-bond acceptors (Lipinski definition) is 6. The van der Waals surface area contributed by atoms with Gasteiger partial charge in [-0.15, -0.1) is 0 Å². The minimum absolute atomic E-state index is 0.293. The van der Waals surface area contributed by atoms with E-state index >= 15 is 0 Å². The van der Waals surface area contributed by atoms with Crippen LogP contribution >= 0.6 is 0 Å². The normalized spacial score (nSPS) is 20.2. The first-order chi connectivity index (χ1) is 10.2. The Morgan fingerprint density at radius 2 is 2.00 bits per heavy atom. The van der Waals surface area contributed by atoms with Crippen molar-refractivity contribution in [2.75, 3.05) is 17.2 Å². The summed E-state index contributed by atoms with van der Waals surface area (Å²) in [4.78, 5) is 20.0. The molecular formula is C15H18N6. The zero-order chi connectivity index (χ0) is 14.4. The number of rotatable bonds is 2. The van der Waals surface area contributed by atoms with Crippen LogP contribution < -0.4 is 10.6 Å². The van der Waals surface area contributed by atoms with Gasteiger partial charge in [0, 0.05) is 41.8 Å². The molecule has 0 saturated carbocycles. The molecule has 1 saturated heterocycles. The highest BCUT2D eigenvalue weighted by Gasteiger charge is 2.29. The fourth-order valence-corrected chi connectivity index (χ4v) is 3.06. The van der Waals surface area contributed by atoms with E-state index < -0.39 is 0 Å². The lowest BCUT2D eigenvalue weighted by molar-refractivity contribution is 0.470. The fraction of sp³-hybridized carbons (Fsp3) is 0.467. The van der Waals surface area contributed by atoms with E-state index in [2.05, 4.69) is 21.8 Å². The molecule has 0 radical (unpaired) electrons. The Balaban J connectivity index is 1.83. The van der Waals surface area contributed by atoms with Gasteiger partial charge in [-0.2, -0.15) is 0 Å². The molecule has 1 aliphatic heterocycles. The summed E-state index contributed by atoms with van der Waals surface area (Å²) in [6, 6.07) is 0.528. The maximum Gasteiger partial charge on any atom is 0.226 e. The standard InChI is InChI=1S/C15H18N6/c1-9-5-6-21(9)15-19-12-4-2-3-11(12)13(20-15)10-7-17-14(16)18-8-10/h7-9H,2-6H2,1H3,(H2,16,17,18)/t9-/m0/s1. The molecule has 6 nitrogen and oxygen atoms in total. The Kier molecular flexibility index (Phi) is 2.77. The summed E-state index contributed by atoms with van der Waals surface area (Å²) in [5.41, 5.74) is 9.93. The largest absolute Gasteiger partial charge is 0.368 e. The van der Waals surface area contributed by atoms with E-state index in [1.165, 1.54) is 17.7 Å². The van der Waals surface area contributed by atoms with Crippen LogP contribution in [-0.4, -0.2) is 32.5 Å². The van der Waals surface area contributed by atoms with Crippen molar-refractivity contribution in [1.29, 1.82) is 0 Å². The van der Waals surface area contributed by atoms with Gasteiger partial charge in [-0.25, -0.2) is 19.9 Å². The van der Waals surface area contributed by atoms with Gasteiger partial charge in [-0.05, 0) is 32.6 Å². The number of nitrogens with zero attached hydrogens (tertiary/aromatic N) is 5. The topological polar surface area (TPSA) is 80.8 Å². The number of aromatic nitrogens is 4. The quantitative estimate of drug-likeness (QED) is 0.901. The molecule has 0 bridgehead atoms. The van der Waals surface area contributed by atoms with Gasteiger partial charge in [0.25, 0.3) is 0 Å². The van der Waals surface area contributed by atoms with Gasteiger partial charge in [0.15, 0.2) is 0 Å². The number of nitrogen functional groups attached to an aromatic ring is 1. The third-order valence-corrected chi connectivity index (χ3v) is 4.44. The Morgan fingerprint density at radius 1 is 1.19 bits per heavy atom. The minimum Gasteiger partial charge on any atom is -0.368 e. The molecule has 0 aromatic carbocycles. The maximum absolute atomic E-state index is 5.58. The molecule has 21 heavy (non-hydrogen) atoms.